The summed E-state index contributed by atoms with van der Waals surface area (Å²) in [6, 6.07) is 5.16. The largest absolute Gasteiger partial charge is 0.345 e. The Morgan fingerprint density at radius 1 is 1.48 bits per heavy atom. The number of aryl methyl sites for hydroxylation is 1. The minimum absolute atomic E-state index is 0.0587. The van der Waals surface area contributed by atoms with Gasteiger partial charge >= 0.3 is 0 Å². The fourth-order valence-corrected chi connectivity index (χ4v) is 3.40. The Hall–Kier alpha value is -2.93. The van der Waals surface area contributed by atoms with Crippen molar-refractivity contribution in [3.63, 3.8) is 0 Å². The lowest BCUT2D eigenvalue weighted by atomic mass is 10.2. The van der Waals surface area contributed by atoms with Crippen LogP contribution in [0.15, 0.2) is 47.2 Å². The molecule has 1 amide bonds. The number of pyridine rings is 1. The number of aromatic nitrogens is 3. The van der Waals surface area contributed by atoms with Crippen LogP contribution in [0.3, 0.4) is 0 Å². The van der Waals surface area contributed by atoms with Crippen LogP contribution in [0, 0.1) is 13.8 Å². The van der Waals surface area contributed by atoms with Crippen molar-refractivity contribution in [2.75, 3.05) is 5.32 Å². The number of rotatable bonds is 5. The fraction of sp³-hybridized carbons (Fsp3) is 0.167. The summed E-state index contributed by atoms with van der Waals surface area (Å²) in [6.07, 6.45) is 3.34. The Morgan fingerprint density at radius 2 is 2.28 bits per heavy atom. The lowest BCUT2D eigenvalue weighted by Gasteiger charge is -2.05. The van der Waals surface area contributed by atoms with Crippen molar-refractivity contribution in [1.29, 1.82) is 0 Å². The van der Waals surface area contributed by atoms with Gasteiger partial charge in [-0.25, -0.2) is 4.98 Å². The molecule has 2 N–H and O–H groups in total. The monoisotopic (exact) mass is 354 g/mol. The molecular formula is C18H18N4O2S. The SMILES string of the molecule is C=CCn1c(C)cc(-c2csc(NC(=O)c3ccc[nH]c3=O)n2)c1C. The van der Waals surface area contributed by atoms with Gasteiger partial charge in [0.15, 0.2) is 5.13 Å². The quantitative estimate of drug-likeness (QED) is 0.690. The smallest absolute Gasteiger partial charge is 0.263 e. The van der Waals surface area contributed by atoms with E-state index in [9.17, 15) is 9.59 Å². The van der Waals surface area contributed by atoms with Gasteiger partial charge < -0.3 is 9.55 Å². The van der Waals surface area contributed by atoms with Crippen molar-refractivity contribution in [3.05, 3.63) is 69.7 Å². The molecule has 7 heteroatoms. The molecule has 3 rings (SSSR count). The van der Waals surface area contributed by atoms with Crippen LogP contribution in [-0.4, -0.2) is 20.4 Å². The Bertz CT molecular complexity index is 997. The van der Waals surface area contributed by atoms with Crippen LogP contribution in [0.4, 0.5) is 5.13 Å². The van der Waals surface area contributed by atoms with Crippen LogP contribution in [-0.2, 0) is 6.54 Å². The summed E-state index contributed by atoms with van der Waals surface area (Å²) in [6.45, 7) is 8.59. The molecule has 0 radical (unpaired) electrons. The molecule has 0 aliphatic rings. The number of aromatic amines is 1. The van der Waals surface area contributed by atoms with E-state index in [0.717, 1.165) is 29.2 Å². The van der Waals surface area contributed by atoms with Gasteiger partial charge in [0.05, 0.1) is 5.69 Å². The van der Waals surface area contributed by atoms with E-state index in [2.05, 4.69) is 32.5 Å². The van der Waals surface area contributed by atoms with Crippen LogP contribution in [0.2, 0.25) is 0 Å². The third kappa shape index (κ3) is 3.32. The zero-order chi connectivity index (χ0) is 18.0. The second-order valence-corrected chi connectivity index (χ2v) is 6.45. The van der Waals surface area contributed by atoms with Crippen LogP contribution in [0.5, 0.6) is 0 Å². The minimum atomic E-state index is -0.472. The van der Waals surface area contributed by atoms with E-state index in [-0.39, 0.29) is 5.56 Å². The van der Waals surface area contributed by atoms with E-state index in [0.29, 0.717) is 5.13 Å². The first-order valence-electron chi connectivity index (χ1n) is 7.74. The number of nitrogens with one attached hydrogen (secondary N) is 2. The molecule has 0 spiro atoms. The standard InChI is InChI=1S/C18H18N4O2S/c1-4-8-22-11(2)9-14(12(22)3)15-10-25-18(20-15)21-17(24)13-6-5-7-19-16(13)23/h4-7,9-10H,1,8H2,2-3H3,(H,19,23)(H,20,21,24). The molecule has 0 bridgehead atoms. The molecule has 0 aromatic carbocycles. The van der Waals surface area contributed by atoms with Crippen LogP contribution < -0.4 is 10.9 Å². The van der Waals surface area contributed by atoms with E-state index in [1.54, 1.807) is 6.07 Å². The molecule has 0 aliphatic heterocycles. The maximum atomic E-state index is 12.2. The van der Waals surface area contributed by atoms with Crippen LogP contribution >= 0.6 is 11.3 Å². The number of allylic oxidation sites excluding steroid dienone is 1. The number of hydrogen-bond donors (Lipinski definition) is 2. The first kappa shape index (κ1) is 16.9. The second kappa shape index (κ2) is 6.90. The maximum Gasteiger partial charge on any atom is 0.263 e. The highest BCUT2D eigenvalue weighted by molar-refractivity contribution is 7.14. The number of hydrogen-bond acceptors (Lipinski definition) is 4. The summed E-state index contributed by atoms with van der Waals surface area (Å²) in [5, 5.41) is 5.03. The molecule has 6 nitrogen and oxygen atoms in total. The van der Waals surface area contributed by atoms with Crippen LogP contribution in [0.1, 0.15) is 21.7 Å². The van der Waals surface area contributed by atoms with Gasteiger partial charge in [0, 0.05) is 35.1 Å². The molecule has 128 valence electrons. The van der Waals surface area contributed by atoms with E-state index in [1.807, 2.05) is 25.3 Å². The zero-order valence-electron chi connectivity index (χ0n) is 14.0. The molecule has 25 heavy (non-hydrogen) atoms. The average molecular weight is 354 g/mol. The number of carbonyl (C=O) groups excluding carboxylic acids is 1. The third-order valence-electron chi connectivity index (χ3n) is 3.95. The maximum absolute atomic E-state index is 12.2. The predicted octanol–water partition coefficient (Wildman–Crippen LogP) is 3.36. The summed E-state index contributed by atoms with van der Waals surface area (Å²) in [7, 11) is 0. The highest BCUT2D eigenvalue weighted by Crippen LogP contribution is 2.30. The van der Waals surface area contributed by atoms with Gasteiger partial charge in [-0.2, -0.15) is 0 Å². The molecule has 3 aromatic rings. The van der Waals surface area contributed by atoms with E-state index < -0.39 is 11.5 Å². The topological polar surface area (TPSA) is 79.8 Å². The molecule has 0 fully saturated rings. The molecule has 3 heterocycles. The van der Waals surface area contributed by atoms with Gasteiger partial charge in [-0.15, -0.1) is 17.9 Å². The van der Waals surface area contributed by atoms with Gasteiger partial charge in [-0.1, -0.05) is 6.08 Å². The molecule has 3 aromatic heterocycles. The number of carbonyl (C=O) groups is 1. The predicted molar refractivity (Wildman–Crippen MR) is 100 cm³/mol. The van der Waals surface area contributed by atoms with Gasteiger partial charge in [0.1, 0.15) is 5.56 Å². The average Bonchev–Trinajstić information content (AvgIpc) is 3.15. The Kier molecular flexibility index (Phi) is 4.67. The van der Waals surface area contributed by atoms with Crippen molar-refractivity contribution in [2.24, 2.45) is 0 Å². The molecule has 0 saturated heterocycles. The summed E-state index contributed by atoms with van der Waals surface area (Å²) < 4.78 is 2.16. The first-order valence-corrected chi connectivity index (χ1v) is 8.61. The summed E-state index contributed by atoms with van der Waals surface area (Å²) in [5.74, 6) is -0.472. The van der Waals surface area contributed by atoms with Crippen molar-refractivity contribution >= 4 is 22.4 Å². The van der Waals surface area contributed by atoms with Crippen molar-refractivity contribution in [3.8, 4) is 11.3 Å². The highest BCUT2D eigenvalue weighted by atomic mass is 32.1. The summed E-state index contributed by atoms with van der Waals surface area (Å²) in [4.78, 5) is 30.9. The van der Waals surface area contributed by atoms with Crippen molar-refractivity contribution in [2.45, 2.75) is 20.4 Å². The van der Waals surface area contributed by atoms with Gasteiger partial charge in [0.25, 0.3) is 11.5 Å². The Morgan fingerprint density at radius 3 is 3.00 bits per heavy atom. The summed E-state index contributed by atoms with van der Waals surface area (Å²) >= 11 is 1.33. The molecular weight excluding hydrogens is 336 g/mol. The van der Waals surface area contributed by atoms with Gasteiger partial charge in [-0.3, -0.25) is 14.9 Å². The van der Waals surface area contributed by atoms with Crippen LogP contribution in [0.25, 0.3) is 11.3 Å². The molecule has 0 aliphatic carbocycles. The number of anilines is 1. The lowest BCUT2D eigenvalue weighted by molar-refractivity contribution is 0.102. The highest BCUT2D eigenvalue weighted by Gasteiger charge is 2.15. The van der Waals surface area contributed by atoms with Gasteiger partial charge in [-0.05, 0) is 32.0 Å². The first-order chi connectivity index (χ1) is 12.0. The normalized spacial score (nSPS) is 10.6. The number of nitrogens with zero attached hydrogens (tertiary/aromatic N) is 2. The summed E-state index contributed by atoms with van der Waals surface area (Å²) in [5.41, 5.74) is 3.68. The number of thiazole rings is 1. The van der Waals surface area contributed by atoms with E-state index >= 15 is 0 Å². The number of H-pyrrole nitrogens is 1. The number of amides is 1. The molecule has 0 saturated carbocycles. The van der Waals surface area contributed by atoms with Crippen molar-refractivity contribution in [1.82, 2.24) is 14.5 Å². The molecule has 0 atom stereocenters. The Balaban J connectivity index is 1.85. The lowest BCUT2D eigenvalue weighted by Crippen LogP contribution is -2.22. The van der Waals surface area contributed by atoms with Gasteiger partial charge in [0.2, 0.25) is 0 Å². The molecule has 0 unspecified atom stereocenters. The Labute approximate surface area is 148 Å². The third-order valence-corrected chi connectivity index (χ3v) is 4.71. The second-order valence-electron chi connectivity index (χ2n) is 5.59. The van der Waals surface area contributed by atoms with E-state index in [4.69, 9.17) is 0 Å². The fourth-order valence-electron chi connectivity index (χ4n) is 2.69. The minimum Gasteiger partial charge on any atom is -0.345 e. The zero-order valence-corrected chi connectivity index (χ0v) is 14.8. The van der Waals surface area contributed by atoms with Crippen molar-refractivity contribution < 1.29 is 4.79 Å². The van der Waals surface area contributed by atoms with E-state index in [1.165, 1.54) is 23.6 Å².